The van der Waals surface area contributed by atoms with Gasteiger partial charge < -0.3 is 164 Å². The van der Waals surface area contributed by atoms with Crippen LogP contribution in [0.2, 0.25) is 0 Å². The van der Waals surface area contributed by atoms with Crippen molar-refractivity contribution in [1.82, 2.24) is 0 Å². The second-order valence-corrected chi connectivity index (χ2v) is 20.3. The van der Waals surface area contributed by atoms with Gasteiger partial charge in [-0.1, -0.05) is 24.3 Å². The molecule has 31 nitrogen and oxygen atoms in total. The van der Waals surface area contributed by atoms with Crippen LogP contribution in [0.15, 0.2) is 66.7 Å². The normalized spacial score (nSPS) is 12.7. The maximum Gasteiger partial charge on any atom is 0.160 e. The van der Waals surface area contributed by atoms with E-state index in [4.69, 9.17) is 164 Å². The van der Waals surface area contributed by atoms with E-state index in [2.05, 4.69) is 0 Å². The number of rotatable bonds is 25. The molecule has 38 N–H and O–H groups in total. The van der Waals surface area contributed by atoms with Crippen LogP contribution in [0.3, 0.4) is 0 Å². The number of hydrogen-bond donors (Lipinski definition) is 25. The highest BCUT2D eigenvalue weighted by molar-refractivity contribution is 5.43. The van der Waals surface area contributed by atoms with Crippen LogP contribution < -0.4 is 98.2 Å². The Morgan fingerprint density at radius 2 is 1.00 bits per heavy atom. The lowest BCUT2D eigenvalue weighted by Crippen LogP contribution is -2.43. The topological polar surface area (TPSA) is 636 Å². The molecule has 0 spiro atoms. The summed E-state index contributed by atoms with van der Waals surface area (Å²) in [6.07, 6.45) is 3.72. The molecule has 3 aromatic carbocycles. The molecule has 3 aromatic rings. The van der Waals surface area contributed by atoms with Gasteiger partial charge in [-0.25, -0.2) is 0 Å². The Morgan fingerprint density at radius 1 is 0.533 bits per heavy atom. The van der Waals surface area contributed by atoms with E-state index in [9.17, 15) is 0 Å². The van der Waals surface area contributed by atoms with Gasteiger partial charge in [-0.15, -0.1) is 0 Å². The van der Waals surface area contributed by atoms with Crippen LogP contribution in [0.25, 0.3) is 0 Å². The third-order valence-electron chi connectivity index (χ3n) is 9.74. The van der Waals surface area contributed by atoms with E-state index in [1.807, 2.05) is 66.7 Å². The summed E-state index contributed by atoms with van der Waals surface area (Å²) in [6, 6.07) is 20.7. The molecule has 4 rings (SSSR count). The van der Waals surface area contributed by atoms with Crippen LogP contribution in [0.5, 0.6) is 28.7 Å². The minimum absolute atomic E-state index is 0.0486. The smallest absolute Gasteiger partial charge is 0.160 e. The molecule has 31 heteroatoms. The summed E-state index contributed by atoms with van der Waals surface area (Å²) in [5, 5.41) is 97.5. The Balaban J connectivity index is -0.000000118. The number of para-hydroxylation sites is 1. The fourth-order valence-electron chi connectivity index (χ4n) is 4.23. The third kappa shape index (κ3) is 89.8. The van der Waals surface area contributed by atoms with Crippen molar-refractivity contribution in [3.05, 3.63) is 77.9 Å². The number of hydrogen-bond acceptors (Lipinski definition) is 31. The molecule has 5 atom stereocenters. The van der Waals surface area contributed by atoms with Gasteiger partial charge in [0.15, 0.2) is 11.5 Å². The van der Waals surface area contributed by atoms with E-state index >= 15 is 0 Å². The van der Waals surface area contributed by atoms with E-state index in [0.29, 0.717) is 65.1 Å². The summed E-state index contributed by atoms with van der Waals surface area (Å²) in [5.74, 6) is 4.10. The summed E-state index contributed by atoms with van der Waals surface area (Å²) in [4.78, 5) is 0. The highest BCUT2D eigenvalue weighted by Crippen LogP contribution is 2.27. The van der Waals surface area contributed by atoms with Crippen LogP contribution in [0.1, 0.15) is 71.9 Å². The van der Waals surface area contributed by atoms with Gasteiger partial charge in [0, 0.05) is 64.1 Å². The summed E-state index contributed by atoms with van der Waals surface area (Å²) in [7, 11) is 6.56. The molecule has 1 heterocycles. The van der Waals surface area contributed by atoms with Crippen LogP contribution in [-0.2, 0) is 17.6 Å². The molecule has 0 amide bonds. The molecule has 0 aromatic heterocycles. The lowest BCUT2D eigenvalue weighted by Gasteiger charge is -2.16. The van der Waals surface area contributed by atoms with Crippen molar-refractivity contribution in [3.63, 3.8) is 0 Å². The Morgan fingerprint density at radius 3 is 1.24 bits per heavy atom. The van der Waals surface area contributed by atoms with Gasteiger partial charge in [0.1, 0.15) is 23.9 Å². The predicted molar refractivity (Wildman–Crippen MR) is 369 cm³/mol. The first-order chi connectivity index (χ1) is 43.4. The average Bonchev–Trinajstić information content (AvgIpc) is 1.16. The Labute approximate surface area is 550 Å². The van der Waals surface area contributed by atoms with E-state index in [1.54, 1.807) is 70.0 Å². The molecule has 1 aliphatic heterocycles. The van der Waals surface area contributed by atoms with Crippen molar-refractivity contribution in [2.45, 2.75) is 121 Å². The van der Waals surface area contributed by atoms with Crippen molar-refractivity contribution in [1.29, 1.82) is 0 Å². The summed E-state index contributed by atoms with van der Waals surface area (Å²) < 4.78 is 31.0. The Kier molecular flexibility index (Phi) is 93.5. The third-order valence-corrected chi connectivity index (χ3v) is 9.74. The molecule has 1 aliphatic rings. The number of ether oxygens (including phenoxy) is 6. The fraction of sp³-hybridized carbons (Fsp3) is 0.705. The monoisotopic (exact) mass is 1340 g/mol. The van der Waals surface area contributed by atoms with Crippen LogP contribution >= 0.6 is 0 Å². The lowest BCUT2D eigenvalue weighted by atomic mass is 10.1. The lowest BCUT2D eigenvalue weighted by molar-refractivity contribution is 0.102. The fourth-order valence-corrected chi connectivity index (χ4v) is 4.23. The van der Waals surface area contributed by atoms with Gasteiger partial charge in [-0.05, 0) is 147 Å². The maximum absolute atomic E-state index is 8.31. The Bertz CT molecular complexity index is 1790. The van der Waals surface area contributed by atoms with Gasteiger partial charge in [0.05, 0.1) is 117 Å². The van der Waals surface area contributed by atoms with Gasteiger partial charge in [-0.2, -0.15) is 0 Å². The molecular weight excluding hydrogens is 1200 g/mol. The first-order valence-corrected chi connectivity index (χ1v) is 30.1. The zero-order chi connectivity index (χ0) is 73.2. The van der Waals surface area contributed by atoms with Crippen molar-refractivity contribution in [2.24, 2.45) is 74.5 Å². The highest BCUT2D eigenvalue weighted by Gasteiger charge is 2.14. The number of aliphatic hydroxyl groups is 12. The van der Waals surface area contributed by atoms with Crippen molar-refractivity contribution >= 4 is 0 Å². The standard InChI is InChI=1S/2C10H15NO2.C8H11NO.C5H11NO.C4H11NO2.C4H11NO.2C3H9NO2.4C3H9NO.C2H7NO/c1-12-9-3-4-10(13-2)8(7-9)5-6-11;1-12-9-4-3-8(5-6-11)7-10(9)13-2;9-6-7-10-8-4-2-1-3-5-8;6-4-5-2-1-3-7-5;1-4(5,2-6)3-7;1-4(2,5)3-6;4-3(1-5)2-6;4-1-3(6)2-5;1-3(4)2-5;2*1-3(5)2-4;4-2-1-3-5;3-1-2-4/h2*3-4,7H,5-6,11H2,1-2H3;1-5H,6-7,9H2;5H,1-4,6H2;6-7H,2-3,5H2,1H3;6H,3,5H2,1-2H3;2*3,5-6H,1-2,4H2;3*3,5H,2,4H2,1H3;5H,1-4H2;4H,1-3H2/t;;;;;;;;3*3-;;/m........010../s1. The predicted octanol–water partition coefficient (Wildman–Crippen LogP) is -5.20. The van der Waals surface area contributed by atoms with Crippen molar-refractivity contribution < 1.29 is 89.7 Å². The number of benzene rings is 3. The van der Waals surface area contributed by atoms with Crippen LogP contribution in [0, 0.1) is 0 Å². The molecule has 0 aliphatic carbocycles. The molecule has 0 bridgehead atoms. The molecule has 1 saturated heterocycles. The second kappa shape index (κ2) is 80.9. The maximum atomic E-state index is 8.31. The zero-order valence-electron chi connectivity index (χ0n) is 57.3. The number of methoxy groups -OCH3 is 4. The van der Waals surface area contributed by atoms with Crippen LogP contribution in [0.4, 0.5) is 0 Å². The van der Waals surface area contributed by atoms with Gasteiger partial charge in [0.25, 0.3) is 0 Å². The number of nitrogens with two attached hydrogens (primary N) is 13. The SMILES string of the molecule is CC(C)(N)CO.CC(N)(CO)CO.COc1ccc(CCN)cc1OC.COc1ccc(OC)c(CCN)c1.C[C@@H](O)CN.C[C@H](N)CO.C[C@H](O)CN.NC(CO)CO.NCC(O)CO.NCC1CCCO1.NCCCO.NCCO.NCCOc1ccccc1. The molecule has 0 saturated carbocycles. The second-order valence-electron chi connectivity index (χ2n) is 20.3. The minimum atomic E-state index is -0.806. The minimum Gasteiger partial charge on any atom is -0.497 e. The summed E-state index contributed by atoms with van der Waals surface area (Å²) in [5.41, 5.74) is 67.5. The van der Waals surface area contributed by atoms with Crippen molar-refractivity contribution in [2.75, 3.05) is 160 Å². The van der Waals surface area contributed by atoms with Gasteiger partial charge in [0.2, 0.25) is 0 Å². The number of aliphatic hydroxyl groups excluding tert-OH is 12. The molecule has 1 fully saturated rings. The van der Waals surface area contributed by atoms with Crippen molar-refractivity contribution in [3.8, 4) is 28.7 Å². The zero-order valence-corrected chi connectivity index (χ0v) is 57.3. The summed E-state index contributed by atoms with van der Waals surface area (Å²) >= 11 is 0. The first-order valence-electron chi connectivity index (χ1n) is 30.1. The average molecular weight is 1340 g/mol. The molecule has 0 radical (unpaired) electrons. The Hall–Kier alpha value is -4.38. The first kappa shape index (κ1) is 106. The van der Waals surface area contributed by atoms with Crippen LogP contribution in [-0.4, -0.2) is 269 Å². The molecule has 552 valence electrons. The van der Waals surface area contributed by atoms with E-state index in [0.717, 1.165) is 66.6 Å². The molecule has 92 heavy (non-hydrogen) atoms. The molecule has 2 unspecified atom stereocenters. The van der Waals surface area contributed by atoms with E-state index in [1.165, 1.54) is 12.0 Å². The quantitative estimate of drug-likeness (QED) is 0.0377. The largest absolute Gasteiger partial charge is 0.497 e. The summed E-state index contributed by atoms with van der Waals surface area (Å²) in [6.45, 7) is 15.6. The van der Waals surface area contributed by atoms with E-state index in [-0.39, 0.29) is 84.3 Å². The van der Waals surface area contributed by atoms with Gasteiger partial charge in [-0.3, -0.25) is 0 Å². The highest BCUT2D eigenvalue weighted by atomic mass is 16.5. The van der Waals surface area contributed by atoms with E-state index < -0.39 is 23.2 Å². The molecular formula is C61H135N13O18. The van der Waals surface area contributed by atoms with Gasteiger partial charge >= 0.3 is 0 Å².